The Morgan fingerprint density at radius 2 is 1.50 bits per heavy atom. The number of hydrogen-bond acceptors (Lipinski definition) is 3. The molecule has 126 valence electrons. The molecule has 24 heavy (non-hydrogen) atoms. The Morgan fingerprint density at radius 1 is 0.958 bits per heavy atom. The fraction of sp³-hybridized carbons (Fsp3) is 0.176. The topological polar surface area (TPSA) is 78.4 Å². The Morgan fingerprint density at radius 3 is 2.00 bits per heavy atom. The number of nitrogens with one attached hydrogen (secondary N) is 2. The highest BCUT2D eigenvalue weighted by Crippen LogP contribution is 2.34. The molecule has 7 heteroatoms. The Kier molecular flexibility index (Phi) is 5.70. The van der Waals surface area contributed by atoms with Gasteiger partial charge in [-0.1, -0.05) is 37.0 Å². The van der Waals surface area contributed by atoms with E-state index < -0.39 is 0 Å². The van der Waals surface area contributed by atoms with Crippen LogP contribution < -0.4 is 10.6 Å². The Hall–Kier alpha value is -2.24. The van der Waals surface area contributed by atoms with Crippen LogP contribution in [-0.2, 0) is 4.79 Å². The van der Waals surface area contributed by atoms with E-state index >= 15 is 0 Å². The second-order valence-electron chi connectivity index (χ2n) is 5.46. The second-order valence-corrected chi connectivity index (χ2v) is 6.28. The van der Waals surface area contributed by atoms with E-state index in [1.54, 1.807) is 38.1 Å². The van der Waals surface area contributed by atoms with Crippen LogP contribution in [0, 0.1) is 5.92 Å². The van der Waals surface area contributed by atoms with Gasteiger partial charge in [-0.3, -0.25) is 9.59 Å². The van der Waals surface area contributed by atoms with Gasteiger partial charge < -0.3 is 15.7 Å². The van der Waals surface area contributed by atoms with Crippen molar-refractivity contribution in [2.75, 3.05) is 10.6 Å². The minimum atomic E-state index is -0.366. The Labute approximate surface area is 149 Å². The first-order chi connectivity index (χ1) is 11.3. The monoisotopic (exact) mass is 366 g/mol. The maximum absolute atomic E-state index is 12.2. The van der Waals surface area contributed by atoms with Crippen LogP contribution in [0.1, 0.15) is 24.2 Å². The van der Waals surface area contributed by atoms with Crippen molar-refractivity contribution in [1.82, 2.24) is 0 Å². The summed E-state index contributed by atoms with van der Waals surface area (Å²) in [5, 5.41) is 15.0. The van der Waals surface area contributed by atoms with Crippen LogP contribution >= 0.6 is 23.2 Å². The molecular formula is C17H16Cl2N2O3. The summed E-state index contributed by atoms with van der Waals surface area (Å²) in [6.45, 7) is 3.59. The van der Waals surface area contributed by atoms with E-state index in [2.05, 4.69) is 10.6 Å². The Balaban J connectivity index is 2.09. The lowest BCUT2D eigenvalue weighted by molar-refractivity contribution is -0.118. The smallest absolute Gasteiger partial charge is 0.255 e. The van der Waals surface area contributed by atoms with Gasteiger partial charge in [0.15, 0.2) is 5.75 Å². The zero-order valence-electron chi connectivity index (χ0n) is 13.1. The number of phenols is 1. The van der Waals surface area contributed by atoms with Gasteiger partial charge in [0.25, 0.3) is 5.91 Å². The quantitative estimate of drug-likeness (QED) is 0.694. The molecule has 0 bridgehead atoms. The van der Waals surface area contributed by atoms with Crippen LogP contribution in [0.25, 0.3) is 0 Å². The van der Waals surface area contributed by atoms with Gasteiger partial charge in [-0.15, -0.1) is 0 Å². The van der Waals surface area contributed by atoms with Crippen LogP contribution in [0.2, 0.25) is 10.0 Å². The van der Waals surface area contributed by atoms with E-state index in [9.17, 15) is 14.7 Å². The van der Waals surface area contributed by atoms with Crippen molar-refractivity contribution in [2.45, 2.75) is 13.8 Å². The molecule has 2 aromatic rings. The predicted octanol–water partition coefficient (Wildman–Crippen LogP) is 4.55. The molecule has 0 spiro atoms. The second kappa shape index (κ2) is 7.55. The number of hydrogen-bond donors (Lipinski definition) is 3. The van der Waals surface area contributed by atoms with Crippen LogP contribution in [-0.4, -0.2) is 16.9 Å². The highest BCUT2D eigenvalue weighted by Gasteiger charge is 2.11. The molecule has 0 aliphatic carbocycles. The van der Waals surface area contributed by atoms with Crippen LogP contribution in [0.5, 0.6) is 5.75 Å². The number of phenolic OH excluding ortho intramolecular Hbond substituents is 1. The molecule has 3 N–H and O–H groups in total. The predicted molar refractivity (Wildman–Crippen MR) is 96.0 cm³/mol. The van der Waals surface area contributed by atoms with E-state index in [1.807, 2.05) is 0 Å². The first-order valence-corrected chi connectivity index (χ1v) is 7.94. The van der Waals surface area contributed by atoms with E-state index in [4.69, 9.17) is 23.2 Å². The van der Waals surface area contributed by atoms with E-state index in [0.717, 1.165) is 0 Å². The van der Waals surface area contributed by atoms with Crippen molar-refractivity contribution in [3.63, 3.8) is 0 Å². The molecule has 0 aliphatic rings. The van der Waals surface area contributed by atoms with Gasteiger partial charge in [0.05, 0.1) is 10.0 Å². The lowest BCUT2D eigenvalue weighted by Crippen LogP contribution is -2.18. The van der Waals surface area contributed by atoms with Crippen molar-refractivity contribution in [3.8, 4) is 5.75 Å². The normalized spacial score (nSPS) is 10.5. The zero-order valence-corrected chi connectivity index (χ0v) is 14.6. The number of aromatic hydroxyl groups is 1. The van der Waals surface area contributed by atoms with Gasteiger partial charge in [0.1, 0.15) is 0 Å². The summed E-state index contributed by atoms with van der Waals surface area (Å²) in [5.74, 6) is -0.825. The molecule has 0 aliphatic heterocycles. The fourth-order valence-electron chi connectivity index (χ4n) is 1.83. The highest BCUT2D eigenvalue weighted by atomic mass is 35.5. The molecule has 0 atom stereocenters. The van der Waals surface area contributed by atoms with E-state index in [0.29, 0.717) is 16.9 Å². The summed E-state index contributed by atoms with van der Waals surface area (Å²) in [4.78, 5) is 23.8. The SMILES string of the molecule is CC(C)C(=O)Nc1ccc(C(=O)Nc2cc(Cl)c(O)c(Cl)c2)cc1. The van der Waals surface area contributed by atoms with E-state index in [-0.39, 0.29) is 33.5 Å². The van der Waals surface area contributed by atoms with Gasteiger partial charge >= 0.3 is 0 Å². The maximum Gasteiger partial charge on any atom is 0.255 e. The molecule has 0 fully saturated rings. The molecule has 0 saturated carbocycles. The summed E-state index contributed by atoms with van der Waals surface area (Å²) >= 11 is 11.6. The number of halogens is 2. The average Bonchev–Trinajstić information content (AvgIpc) is 2.53. The van der Waals surface area contributed by atoms with E-state index in [1.165, 1.54) is 12.1 Å². The minimum absolute atomic E-state index is 0.0459. The third-order valence-corrected chi connectivity index (χ3v) is 3.79. The number of carbonyl (C=O) groups is 2. The number of benzene rings is 2. The van der Waals surface area contributed by atoms with Crippen LogP contribution in [0.4, 0.5) is 11.4 Å². The van der Waals surface area contributed by atoms with Gasteiger partial charge in [-0.05, 0) is 36.4 Å². The van der Waals surface area contributed by atoms with Crippen molar-refractivity contribution >= 4 is 46.4 Å². The molecule has 2 rings (SSSR count). The largest absolute Gasteiger partial charge is 0.505 e. The van der Waals surface area contributed by atoms with Crippen LogP contribution in [0.3, 0.4) is 0 Å². The average molecular weight is 367 g/mol. The fourth-order valence-corrected chi connectivity index (χ4v) is 2.32. The molecule has 0 aromatic heterocycles. The van der Waals surface area contributed by atoms with Gasteiger partial charge in [-0.25, -0.2) is 0 Å². The highest BCUT2D eigenvalue weighted by molar-refractivity contribution is 6.37. The van der Waals surface area contributed by atoms with Crippen molar-refractivity contribution < 1.29 is 14.7 Å². The lowest BCUT2D eigenvalue weighted by Gasteiger charge is -2.10. The number of rotatable bonds is 4. The molecule has 2 aromatic carbocycles. The van der Waals surface area contributed by atoms with Crippen molar-refractivity contribution in [1.29, 1.82) is 0 Å². The molecule has 2 amide bonds. The number of carbonyl (C=O) groups excluding carboxylic acids is 2. The van der Waals surface area contributed by atoms with Gasteiger partial charge in [0.2, 0.25) is 5.91 Å². The summed E-state index contributed by atoms with van der Waals surface area (Å²) in [5.41, 5.74) is 1.38. The first-order valence-electron chi connectivity index (χ1n) is 7.18. The molecule has 0 heterocycles. The molecule has 0 unspecified atom stereocenters. The standard InChI is InChI=1S/C17H16Cl2N2O3/c1-9(2)16(23)20-11-5-3-10(4-6-11)17(24)21-12-7-13(18)15(22)14(19)8-12/h3-9,22H,1-2H3,(H,20,23)(H,21,24). The zero-order chi connectivity index (χ0) is 17.9. The van der Waals surface area contributed by atoms with Crippen molar-refractivity contribution in [3.05, 3.63) is 52.0 Å². The number of amides is 2. The summed E-state index contributed by atoms with van der Waals surface area (Å²) in [7, 11) is 0. The van der Waals surface area contributed by atoms with Gasteiger partial charge in [-0.2, -0.15) is 0 Å². The number of anilines is 2. The maximum atomic E-state index is 12.2. The molecule has 0 saturated heterocycles. The Bertz CT molecular complexity index is 751. The minimum Gasteiger partial charge on any atom is -0.505 e. The van der Waals surface area contributed by atoms with Gasteiger partial charge in [0, 0.05) is 22.9 Å². The summed E-state index contributed by atoms with van der Waals surface area (Å²) in [6, 6.07) is 9.28. The first kappa shape index (κ1) is 18.1. The molecule has 0 radical (unpaired) electrons. The third-order valence-electron chi connectivity index (χ3n) is 3.21. The lowest BCUT2D eigenvalue weighted by atomic mass is 10.1. The van der Waals surface area contributed by atoms with Crippen LogP contribution in [0.15, 0.2) is 36.4 Å². The molecule has 5 nitrogen and oxygen atoms in total. The summed E-state index contributed by atoms with van der Waals surface area (Å²) in [6.07, 6.45) is 0. The van der Waals surface area contributed by atoms with Crippen molar-refractivity contribution in [2.24, 2.45) is 5.92 Å². The molecular weight excluding hydrogens is 351 g/mol. The summed E-state index contributed by atoms with van der Waals surface area (Å²) < 4.78 is 0. The third kappa shape index (κ3) is 4.40.